The first-order chi connectivity index (χ1) is 12.1. The largest absolute Gasteiger partial charge is 0.338 e. The van der Waals surface area contributed by atoms with Crippen molar-refractivity contribution in [2.45, 2.75) is 38.6 Å². The second-order valence-electron chi connectivity index (χ2n) is 7.20. The van der Waals surface area contributed by atoms with Crippen molar-refractivity contribution >= 4 is 17.6 Å². The zero-order chi connectivity index (χ0) is 17.6. The fourth-order valence-electron chi connectivity index (χ4n) is 3.68. The lowest BCUT2D eigenvalue weighted by Crippen LogP contribution is -3.10. The Morgan fingerprint density at radius 2 is 1.96 bits per heavy atom. The number of likely N-dealkylation sites (tertiary alicyclic amines) is 1. The molecule has 0 saturated carbocycles. The third kappa shape index (κ3) is 4.95. The van der Waals surface area contributed by atoms with Gasteiger partial charge in [-0.15, -0.1) is 0 Å². The molecule has 3 rings (SSSR count). The van der Waals surface area contributed by atoms with Crippen molar-refractivity contribution in [2.24, 2.45) is 0 Å². The molecule has 3 N–H and O–H groups in total. The molecule has 2 aliphatic rings. The average molecular weight is 345 g/mol. The molecule has 25 heavy (non-hydrogen) atoms. The number of benzene rings is 1. The van der Waals surface area contributed by atoms with Gasteiger partial charge in [0.2, 0.25) is 5.91 Å². The van der Waals surface area contributed by atoms with E-state index in [1.807, 2.05) is 31.2 Å². The monoisotopic (exact) mass is 345 g/mol. The number of carbonyl (C=O) groups is 2. The van der Waals surface area contributed by atoms with Crippen LogP contribution in [0.15, 0.2) is 24.3 Å². The van der Waals surface area contributed by atoms with Crippen molar-refractivity contribution in [3.8, 4) is 0 Å². The van der Waals surface area contributed by atoms with E-state index in [1.54, 1.807) is 9.80 Å². The maximum atomic E-state index is 12.2. The summed E-state index contributed by atoms with van der Waals surface area (Å²) in [5.41, 5.74) is 2.06. The number of carbonyl (C=O) groups excluding carboxylic acids is 2. The smallest absolute Gasteiger partial charge is 0.315 e. The molecule has 0 aromatic heterocycles. The van der Waals surface area contributed by atoms with E-state index in [-0.39, 0.29) is 18.0 Å². The van der Waals surface area contributed by atoms with Crippen molar-refractivity contribution in [3.05, 3.63) is 29.8 Å². The molecule has 2 heterocycles. The molecular formula is C19H29N4O2+. The summed E-state index contributed by atoms with van der Waals surface area (Å²) in [4.78, 5) is 27.6. The van der Waals surface area contributed by atoms with Crippen LogP contribution in [0.2, 0.25) is 0 Å². The summed E-state index contributed by atoms with van der Waals surface area (Å²) in [6.07, 6.45) is 4.02. The van der Waals surface area contributed by atoms with Gasteiger partial charge in [0, 0.05) is 44.5 Å². The number of amides is 3. The summed E-state index contributed by atoms with van der Waals surface area (Å²) in [5.74, 6) is 0.0618. The van der Waals surface area contributed by atoms with Crippen LogP contribution < -0.4 is 20.4 Å². The first-order valence-electron chi connectivity index (χ1n) is 9.37. The van der Waals surface area contributed by atoms with Gasteiger partial charge in [-0.05, 0) is 19.1 Å². The number of quaternary nitrogens is 1. The minimum Gasteiger partial charge on any atom is -0.338 e. The van der Waals surface area contributed by atoms with Crippen LogP contribution in [-0.2, 0) is 4.79 Å². The number of aryl methyl sites for hydroxylation is 1. The molecule has 2 aliphatic heterocycles. The molecule has 1 atom stereocenters. The molecule has 0 aliphatic carbocycles. The molecule has 3 amide bonds. The molecule has 1 aromatic carbocycles. The van der Waals surface area contributed by atoms with Crippen LogP contribution in [0.25, 0.3) is 0 Å². The summed E-state index contributed by atoms with van der Waals surface area (Å²) in [6.45, 7) is 6.92. The van der Waals surface area contributed by atoms with Crippen molar-refractivity contribution in [1.82, 2.24) is 10.6 Å². The van der Waals surface area contributed by atoms with Crippen LogP contribution in [0, 0.1) is 6.92 Å². The van der Waals surface area contributed by atoms with Crippen LogP contribution in [0.1, 0.15) is 31.2 Å². The molecule has 0 bridgehead atoms. The van der Waals surface area contributed by atoms with Gasteiger partial charge in [-0.2, -0.15) is 0 Å². The number of hydrogen-bond donors (Lipinski definition) is 3. The van der Waals surface area contributed by atoms with Gasteiger partial charge in [0.1, 0.15) is 0 Å². The Hall–Kier alpha value is -2.08. The second kappa shape index (κ2) is 8.34. The molecular weight excluding hydrogens is 316 g/mol. The van der Waals surface area contributed by atoms with E-state index in [9.17, 15) is 9.59 Å². The lowest BCUT2D eigenvalue weighted by molar-refractivity contribution is -0.887. The summed E-state index contributed by atoms with van der Waals surface area (Å²) in [6, 6.07) is 7.61. The average Bonchev–Trinajstić information content (AvgIpc) is 3.22. The predicted molar refractivity (Wildman–Crippen MR) is 97.9 cm³/mol. The highest BCUT2D eigenvalue weighted by Gasteiger charge is 2.31. The number of urea groups is 1. The van der Waals surface area contributed by atoms with E-state index in [1.165, 1.54) is 31.5 Å². The third-order valence-corrected chi connectivity index (χ3v) is 5.11. The maximum absolute atomic E-state index is 12.2. The Kier molecular flexibility index (Phi) is 5.91. The van der Waals surface area contributed by atoms with Gasteiger partial charge in [-0.25, -0.2) is 4.79 Å². The Labute approximate surface area is 149 Å². The number of nitrogens with zero attached hydrogens (tertiary/aromatic N) is 1. The lowest BCUT2D eigenvalue weighted by Gasteiger charge is -2.18. The molecule has 1 aromatic rings. The van der Waals surface area contributed by atoms with Crippen molar-refractivity contribution in [1.29, 1.82) is 0 Å². The van der Waals surface area contributed by atoms with Gasteiger partial charge in [-0.1, -0.05) is 17.7 Å². The van der Waals surface area contributed by atoms with Crippen LogP contribution >= 0.6 is 0 Å². The zero-order valence-corrected chi connectivity index (χ0v) is 15.0. The fraction of sp³-hybridized carbons (Fsp3) is 0.579. The number of rotatable bonds is 6. The number of nitrogens with one attached hydrogen (secondary N) is 3. The van der Waals surface area contributed by atoms with Gasteiger partial charge in [0.15, 0.2) is 0 Å². The highest BCUT2D eigenvalue weighted by Crippen LogP contribution is 2.21. The van der Waals surface area contributed by atoms with E-state index in [0.717, 1.165) is 18.7 Å². The number of hydrogen-bond acceptors (Lipinski definition) is 2. The highest BCUT2D eigenvalue weighted by atomic mass is 16.2. The van der Waals surface area contributed by atoms with Crippen LogP contribution in [-0.4, -0.2) is 50.7 Å². The summed E-state index contributed by atoms with van der Waals surface area (Å²) in [5, 5.41) is 5.85. The standard InChI is InChI=1S/C19H28N4O2/c1-15-5-7-17(8-6-15)23-14-16(13-18(23)24)21-19(25)20-9-4-12-22-10-2-3-11-22/h5-8,16H,2-4,9-14H2,1H3,(H2,20,21,25)/p+1/t16-/m1/s1. The van der Waals surface area contributed by atoms with Gasteiger partial charge < -0.3 is 20.4 Å². The van der Waals surface area contributed by atoms with Crippen molar-refractivity contribution in [3.63, 3.8) is 0 Å². The Morgan fingerprint density at radius 3 is 2.68 bits per heavy atom. The van der Waals surface area contributed by atoms with Gasteiger partial charge in [-0.3, -0.25) is 4.79 Å². The van der Waals surface area contributed by atoms with E-state index in [4.69, 9.17) is 0 Å². The van der Waals surface area contributed by atoms with Crippen molar-refractivity contribution in [2.75, 3.05) is 37.6 Å². The van der Waals surface area contributed by atoms with Crippen molar-refractivity contribution < 1.29 is 14.5 Å². The third-order valence-electron chi connectivity index (χ3n) is 5.11. The van der Waals surface area contributed by atoms with Gasteiger partial charge in [0.25, 0.3) is 0 Å². The van der Waals surface area contributed by atoms with Crippen LogP contribution in [0.5, 0.6) is 0 Å². The second-order valence-corrected chi connectivity index (χ2v) is 7.20. The SMILES string of the molecule is Cc1ccc(N2C[C@H](NC(=O)NCCC[NH+]3CCCC3)CC2=O)cc1. The van der Waals surface area contributed by atoms with E-state index >= 15 is 0 Å². The first kappa shape index (κ1) is 17.7. The Morgan fingerprint density at radius 1 is 1.24 bits per heavy atom. The minimum absolute atomic E-state index is 0.0618. The normalized spacial score (nSPS) is 20.9. The van der Waals surface area contributed by atoms with Crippen LogP contribution in [0.4, 0.5) is 10.5 Å². The Bertz CT molecular complexity index is 596. The zero-order valence-electron chi connectivity index (χ0n) is 15.0. The molecule has 6 heteroatoms. The van der Waals surface area contributed by atoms with E-state index in [2.05, 4.69) is 10.6 Å². The van der Waals surface area contributed by atoms with Gasteiger partial charge >= 0.3 is 6.03 Å². The molecule has 0 radical (unpaired) electrons. The number of anilines is 1. The fourth-order valence-corrected chi connectivity index (χ4v) is 3.68. The topological polar surface area (TPSA) is 65.9 Å². The predicted octanol–water partition coefficient (Wildman–Crippen LogP) is 0.468. The summed E-state index contributed by atoms with van der Waals surface area (Å²) < 4.78 is 0. The molecule has 0 spiro atoms. The molecule has 2 fully saturated rings. The highest BCUT2D eigenvalue weighted by molar-refractivity contribution is 5.96. The van der Waals surface area contributed by atoms with E-state index < -0.39 is 0 Å². The molecule has 0 unspecified atom stereocenters. The first-order valence-corrected chi connectivity index (χ1v) is 9.37. The summed E-state index contributed by atoms with van der Waals surface area (Å²) >= 11 is 0. The summed E-state index contributed by atoms with van der Waals surface area (Å²) in [7, 11) is 0. The van der Waals surface area contributed by atoms with Gasteiger partial charge in [0.05, 0.1) is 25.7 Å². The Balaban J connectivity index is 1.38. The van der Waals surface area contributed by atoms with E-state index in [0.29, 0.717) is 19.5 Å². The van der Waals surface area contributed by atoms with Crippen LogP contribution in [0.3, 0.4) is 0 Å². The quantitative estimate of drug-likeness (QED) is 0.656. The molecule has 136 valence electrons. The molecule has 2 saturated heterocycles. The maximum Gasteiger partial charge on any atom is 0.315 e. The lowest BCUT2D eigenvalue weighted by atomic mass is 10.2. The molecule has 6 nitrogen and oxygen atoms in total. The minimum atomic E-state index is -0.167.